The summed E-state index contributed by atoms with van der Waals surface area (Å²) in [6.45, 7) is -0.0834. The third-order valence-corrected chi connectivity index (χ3v) is 2.56. The molecule has 1 amide bonds. The Kier molecular flexibility index (Phi) is 4.42. The average molecular weight is 296 g/mol. The normalized spacial score (nSPS) is 11.0. The summed E-state index contributed by atoms with van der Waals surface area (Å²) < 4.78 is 40.7. The number of rotatable bonds is 4. The fraction of sp³-hybridized carbons (Fsp3) is 0.143. The smallest absolute Gasteiger partial charge is 0.405 e. The maximum Gasteiger partial charge on any atom is 0.573 e. The second-order valence-electron chi connectivity index (χ2n) is 4.08. The molecule has 0 saturated heterocycles. The minimum atomic E-state index is -4.77. The van der Waals surface area contributed by atoms with E-state index >= 15 is 0 Å². The molecule has 0 radical (unpaired) electrons. The highest BCUT2D eigenvalue weighted by atomic mass is 19.4. The van der Waals surface area contributed by atoms with E-state index in [1.54, 1.807) is 18.2 Å². The van der Waals surface area contributed by atoms with E-state index in [2.05, 4.69) is 15.0 Å². The molecule has 110 valence electrons. The highest BCUT2D eigenvalue weighted by Crippen LogP contribution is 2.26. The number of carbonyl (C=O) groups is 1. The Morgan fingerprint density at radius 1 is 1.19 bits per heavy atom. The van der Waals surface area contributed by atoms with Gasteiger partial charge in [-0.1, -0.05) is 18.2 Å². The third kappa shape index (κ3) is 4.48. The van der Waals surface area contributed by atoms with Crippen LogP contribution >= 0.6 is 0 Å². The first-order valence-corrected chi connectivity index (χ1v) is 5.97. The molecule has 2 rings (SSSR count). The van der Waals surface area contributed by atoms with Gasteiger partial charge in [0.15, 0.2) is 0 Å². The molecule has 0 saturated carbocycles. The fourth-order valence-electron chi connectivity index (χ4n) is 1.65. The van der Waals surface area contributed by atoms with E-state index in [9.17, 15) is 18.0 Å². The van der Waals surface area contributed by atoms with E-state index < -0.39 is 12.3 Å². The Balaban J connectivity index is 2.05. The molecule has 7 heteroatoms. The molecular formula is C14H11F3N2O2. The van der Waals surface area contributed by atoms with Crippen LogP contribution in [0.5, 0.6) is 5.75 Å². The molecule has 4 nitrogen and oxygen atoms in total. The van der Waals surface area contributed by atoms with Gasteiger partial charge in [0.05, 0.1) is 5.56 Å². The van der Waals surface area contributed by atoms with E-state index in [0.29, 0.717) is 5.56 Å². The van der Waals surface area contributed by atoms with Crippen molar-refractivity contribution in [2.45, 2.75) is 12.9 Å². The summed E-state index contributed by atoms with van der Waals surface area (Å²) in [5.41, 5.74) is 0.554. The Morgan fingerprint density at radius 2 is 1.95 bits per heavy atom. The van der Waals surface area contributed by atoms with Gasteiger partial charge in [0.25, 0.3) is 5.91 Å². The van der Waals surface area contributed by atoms with Crippen molar-refractivity contribution in [1.82, 2.24) is 10.3 Å². The largest absolute Gasteiger partial charge is 0.573 e. The van der Waals surface area contributed by atoms with Crippen molar-refractivity contribution >= 4 is 5.91 Å². The van der Waals surface area contributed by atoms with E-state index in [-0.39, 0.29) is 17.9 Å². The van der Waals surface area contributed by atoms with Crippen LogP contribution in [0.25, 0.3) is 0 Å². The minimum Gasteiger partial charge on any atom is -0.405 e. The molecule has 0 bridgehead atoms. The van der Waals surface area contributed by atoms with Crippen LogP contribution in [0, 0.1) is 0 Å². The quantitative estimate of drug-likeness (QED) is 0.943. The molecule has 0 atom stereocenters. The van der Waals surface area contributed by atoms with Crippen molar-refractivity contribution in [3.8, 4) is 5.75 Å². The number of nitrogens with one attached hydrogen (secondary N) is 1. The number of halogens is 3. The Morgan fingerprint density at radius 3 is 2.62 bits per heavy atom. The number of benzene rings is 1. The Bertz CT molecular complexity index is 615. The van der Waals surface area contributed by atoms with Gasteiger partial charge in [-0.05, 0) is 18.2 Å². The van der Waals surface area contributed by atoms with Gasteiger partial charge in [0, 0.05) is 24.5 Å². The van der Waals surface area contributed by atoms with Crippen LogP contribution in [0.4, 0.5) is 13.2 Å². The number of alkyl halides is 3. The van der Waals surface area contributed by atoms with E-state index in [1.165, 1.54) is 30.6 Å². The zero-order valence-corrected chi connectivity index (χ0v) is 10.7. The second kappa shape index (κ2) is 6.25. The standard InChI is InChI=1S/C14H11F3N2O2/c15-14(16,17)21-12-6-2-1-4-10(12)9-19-13(20)11-5-3-7-18-8-11/h1-8H,9H2,(H,19,20). The minimum absolute atomic E-state index is 0.0834. The van der Waals surface area contributed by atoms with Crippen LogP contribution in [0.1, 0.15) is 15.9 Å². The lowest BCUT2D eigenvalue weighted by Crippen LogP contribution is -2.24. The van der Waals surface area contributed by atoms with Crippen LogP contribution in [0.3, 0.4) is 0 Å². The molecule has 0 fully saturated rings. The highest BCUT2D eigenvalue weighted by Gasteiger charge is 2.31. The first-order valence-electron chi connectivity index (χ1n) is 5.97. The first-order chi connectivity index (χ1) is 9.96. The summed E-state index contributed by atoms with van der Waals surface area (Å²) >= 11 is 0. The van der Waals surface area contributed by atoms with Crippen LogP contribution in [0.2, 0.25) is 0 Å². The van der Waals surface area contributed by atoms with Gasteiger partial charge in [-0.25, -0.2) is 0 Å². The lowest BCUT2D eigenvalue weighted by Gasteiger charge is -2.13. The average Bonchev–Trinajstić information content (AvgIpc) is 2.45. The number of hydrogen-bond donors (Lipinski definition) is 1. The van der Waals surface area contributed by atoms with Crippen molar-refractivity contribution < 1.29 is 22.7 Å². The number of para-hydroxylation sites is 1. The van der Waals surface area contributed by atoms with E-state index in [1.807, 2.05) is 0 Å². The zero-order chi connectivity index (χ0) is 15.3. The van der Waals surface area contributed by atoms with Crippen LogP contribution in [-0.2, 0) is 6.54 Å². The molecule has 1 aromatic heterocycles. The molecule has 0 aliphatic carbocycles. The van der Waals surface area contributed by atoms with Crippen molar-refractivity contribution in [2.24, 2.45) is 0 Å². The summed E-state index contributed by atoms with van der Waals surface area (Å²) in [4.78, 5) is 15.6. The number of carbonyl (C=O) groups excluding carboxylic acids is 1. The fourth-order valence-corrected chi connectivity index (χ4v) is 1.65. The van der Waals surface area contributed by atoms with Gasteiger partial charge in [0.1, 0.15) is 5.75 Å². The highest BCUT2D eigenvalue weighted by molar-refractivity contribution is 5.93. The third-order valence-electron chi connectivity index (χ3n) is 2.56. The van der Waals surface area contributed by atoms with Crippen molar-refractivity contribution in [3.63, 3.8) is 0 Å². The topological polar surface area (TPSA) is 51.2 Å². The van der Waals surface area contributed by atoms with E-state index in [4.69, 9.17) is 0 Å². The van der Waals surface area contributed by atoms with Crippen molar-refractivity contribution in [1.29, 1.82) is 0 Å². The molecule has 1 heterocycles. The summed E-state index contributed by atoms with van der Waals surface area (Å²) in [6, 6.07) is 8.78. The van der Waals surface area contributed by atoms with Crippen LogP contribution < -0.4 is 10.1 Å². The number of nitrogens with zero attached hydrogens (tertiary/aromatic N) is 1. The molecular weight excluding hydrogens is 285 g/mol. The molecule has 0 spiro atoms. The van der Waals surface area contributed by atoms with Gasteiger partial charge >= 0.3 is 6.36 Å². The number of amides is 1. The van der Waals surface area contributed by atoms with Crippen LogP contribution in [0.15, 0.2) is 48.8 Å². The molecule has 0 aliphatic heterocycles. The summed E-state index contributed by atoms with van der Waals surface area (Å²) in [6.07, 6.45) is -1.89. The van der Waals surface area contributed by atoms with Gasteiger partial charge in [-0.15, -0.1) is 13.2 Å². The molecule has 0 unspecified atom stereocenters. The molecule has 21 heavy (non-hydrogen) atoms. The lowest BCUT2D eigenvalue weighted by molar-refractivity contribution is -0.274. The first kappa shape index (κ1) is 14.8. The van der Waals surface area contributed by atoms with Gasteiger partial charge in [0.2, 0.25) is 0 Å². The number of pyridine rings is 1. The predicted molar refractivity (Wildman–Crippen MR) is 68.5 cm³/mol. The summed E-state index contributed by atoms with van der Waals surface area (Å²) in [5.74, 6) is -0.763. The summed E-state index contributed by atoms with van der Waals surface area (Å²) in [5, 5.41) is 2.52. The maximum atomic E-state index is 12.3. The summed E-state index contributed by atoms with van der Waals surface area (Å²) in [7, 11) is 0. The van der Waals surface area contributed by atoms with Crippen molar-refractivity contribution in [3.05, 3.63) is 59.9 Å². The zero-order valence-electron chi connectivity index (χ0n) is 10.7. The number of ether oxygens (including phenoxy) is 1. The molecule has 2 aromatic rings. The maximum absolute atomic E-state index is 12.3. The lowest BCUT2D eigenvalue weighted by atomic mass is 10.2. The predicted octanol–water partition coefficient (Wildman–Crippen LogP) is 2.91. The van der Waals surface area contributed by atoms with Crippen molar-refractivity contribution in [2.75, 3.05) is 0 Å². The Hall–Kier alpha value is -2.57. The van der Waals surface area contributed by atoms with E-state index in [0.717, 1.165) is 0 Å². The van der Waals surface area contributed by atoms with Crippen LogP contribution in [-0.4, -0.2) is 17.3 Å². The molecule has 0 aliphatic rings. The number of hydrogen-bond acceptors (Lipinski definition) is 3. The monoisotopic (exact) mass is 296 g/mol. The molecule has 1 N–H and O–H groups in total. The second-order valence-corrected chi connectivity index (χ2v) is 4.08. The van der Waals surface area contributed by atoms with Gasteiger partial charge in [-0.3, -0.25) is 9.78 Å². The SMILES string of the molecule is O=C(NCc1ccccc1OC(F)(F)F)c1cccnc1. The molecule has 1 aromatic carbocycles. The van der Waals surface area contributed by atoms with Gasteiger partial charge < -0.3 is 10.1 Å². The van der Waals surface area contributed by atoms with Gasteiger partial charge in [-0.2, -0.15) is 0 Å². The number of aromatic nitrogens is 1. The Labute approximate surface area is 118 Å².